The van der Waals surface area contributed by atoms with Crippen molar-refractivity contribution in [3.63, 3.8) is 0 Å². The molecule has 3 rings (SSSR count). The van der Waals surface area contributed by atoms with Crippen molar-refractivity contribution in [2.45, 2.75) is 26.8 Å². The van der Waals surface area contributed by atoms with Crippen LogP contribution in [0.1, 0.15) is 29.4 Å². The van der Waals surface area contributed by atoms with Crippen LogP contribution < -0.4 is 10.3 Å². The summed E-state index contributed by atoms with van der Waals surface area (Å²) in [4.78, 5) is 25.3. The highest BCUT2D eigenvalue weighted by Gasteiger charge is 2.20. The van der Waals surface area contributed by atoms with E-state index in [1.165, 1.54) is 4.68 Å². The molecule has 0 radical (unpaired) electrons. The van der Waals surface area contributed by atoms with Crippen LogP contribution in [0.15, 0.2) is 45.7 Å². The monoisotopic (exact) mass is 434 g/mol. The Labute approximate surface area is 163 Å². The largest absolute Gasteiger partial charge is 0.420 e. The van der Waals surface area contributed by atoms with Crippen LogP contribution in [-0.2, 0) is 6.54 Å². The topological polar surface area (TPSA) is 61.2 Å². The number of nitrogens with zero attached hydrogens (tertiary/aromatic N) is 2. The zero-order valence-electron chi connectivity index (χ0n) is 14.3. The molecule has 0 aliphatic rings. The van der Waals surface area contributed by atoms with Gasteiger partial charge in [-0.3, -0.25) is 4.79 Å². The van der Waals surface area contributed by atoms with Gasteiger partial charge in [0.25, 0.3) is 5.56 Å². The first kappa shape index (κ1) is 18.6. The lowest BCUT2D eigenvalue weighted by Crippen LogP contribution is -2.27. The minimum atomic E-state index is -0.654. The maximum absolute atomic E-state index is 12.8. The minimum Gasteiger partial charge on any atom is -0.420 e. The number of esters is 1. The van der Waals surface area contributed by atoms with E-state index >= 15 is 0 Å². The second kappa shape index (κ2) is 7.60. The van der Waals surface area contributed by atoms with Gasteiger partial charge < -0.3 is 4.74 Å². The Balaban J connectivity index is 2.12. The molecule has 7 heteroatoms. The molecule has 0 saturated carbocycles. The summed E-state index contributed by atoms with van der Waals surface area (Å²) in [6, 6.07) is 10.3. The van der Waals surface area contributed by atoms with Gasteiger partial charge in [-0.25, -0.2) is 9.48 Å². The van der Waals surface area contributed by atoms with Gasteiger partial charge >= 0.3 is 5.97 Å². The zero-order valence-corrected chi connectivity index (χ0v) is 16.6. The van der Waals surface area contributed by atoms with Crippen LogP contribution in [0.3, 0.4) is 0 Å². The van der Waals surface area contributed by atoms with E-state index in [0.29, 0.717) is 27.9 Å². The van der Waals surface area contributed by atoms with Crippen molar-refractivity contribution >= 4 is 44.3 Å². The van der Waals surface area contributed by atoms with Gasteiger partial charge in [0, 0.05) is 16.4 Å². The Bertz CT molecular complexity index is 1040. The third kappa shape index (κ3) is 3.52. The Morgan fingerprint density at radius 1 is 1.27 bits per heavy atom. The van der Waals surface area contributed by atoms with Gasteiger partial charge in [0.2, 0.25) is 0 Å². The van der Waals surface area contributed by atoms with Crippen molar-refractivity contribution in [2.24, 2.45) is 0 Å². The molecule has 0 N–H and O–H groups in total. The Morgan fingerprint density at radius 2 is 1.96 bits per heavy atom. The van der Waals surface area contributed by atoms with Crippen LogP contribution in [-0.4, -0.2) is 15.7 Å². The summed E-state index contributed by atoms with van der Waals surface area (Å²) in [7, 11) is 0. The standard InChI is InChI=1S/C19H16BrClN2O3/c1-3-8-23-18(24)14-7-5-4-6-13(14)16(22-23)19(25)26-17-11(2)9-12(20)10-15(17)21/h4-7,9-10H,3,8H2,1-2H3. The first-order valence-electron chi connectivity index (χ1n) is 8.10. The van der Waals surface area contributed by atoms with Crippen molar-refractivity contribution in [1.29, 1.82) is 0 Å². The summed E-state index contributed by atoms with van der Waals surface area (Å²) in [6.07, 6.45) is 0.720. The van der Waals surface area contributed by atoms with Crippen LogP contribution in [0.25, 0.3) is 10.8 Å². The number of carbonyl (C=O) groups is 1. The molecule has 0 atom stereocenters. The molecular weight excluding hydrogens is 420 g/mol. The van der Waals surface area contributed by atoms with Crippen molar-refractivity contribution in [1.82, 2.24) is 9.78 Å². The van der Waals surface area contributed by atoms with Crippen molar-refractivity contribution in [3.8, 4) is 5.75 Å². The number of hydrogen-bond acceptors (Lipinski definition) is 4. The molecule has 0 aliphatic heterocycles. The number of aromatic nitrogens is 2. The van der Waals surface area contributed by atoms with Crippen LogP contribution in [0.4, 0.5) is 0 Å². The van der Waals surface area contributed by atoms with Gasteiger partial charge in [-0.2, -0.15) is 5.10 Å². The molecule has 0 fully saturated rings. The molecule has 0 amide bonds. The highest BCUT2D eigenvalue weighted by Crippen LogP contribution is 2.32. The average Bonchev–Trinajstić information content (AvgIpc) is 2.60. The zero-order chi connectivity index (χ0) is 18.8. The third-order valence-corrected chi connectivity index (χ3v) is 4.62. The van der Waals surface area contributed by atoms with E-state index in [0.717, 1.165) is 10.9 Å². The molecule has 3 aromatic rings. The summed E-state index contributed by atoms with van der Waals surface area (Å²) in [5, 5.41) is 5.45. The second-order valence-corrected chi connectivity index (χ2v) is 7.17. The fraction of sp³-hybridized carbons (Fsp3) is 0.211. The number of hydrogen-bond donors (Lipinski definition) is 0. The number of aryl methyl sites for hydroxylation is 2. The van der Waals surface area contributed by atoms with Crippen LogP contribution in [0.2, 0.25) is 5.02 Å². The number of rotatable bonds is 4. The Morgan fingerprint density at radius 3 is 2.62 bits per heavy atom. The summed E-state index contributed by atoms with van der Waals surface area (Å²) < 4.78 is 7.62. The summed E-state index contributed by atoms with van der Waals surface area (Å²) in [5.74, 6) is -0.377. The number of fused-ring (bicyclic) bond motifs is 1. The fourth-order valence-corrected chi connectivity index (χ4v) is 3.72. The Kier molecular flexibility index (Phi) is 5.44. The highest BCUT2D eigenvalue weighted by atomic mass is 79.9. The normalized spacial score (nSPS) is 10.9. The van der Waals surface area contributed by atoms with Gasteiger partial charge in [0.1, 0.15) is 0 Å². The smallest absolute Gasteiger partial charge is 0.364 e. The van der Waals surface area contributed by atoms with E-state index in [4.69, 9.17) is 16.3 Å². The molecule has 0 unspecified atom stereocenters. The molecule has 2 aromatic carbocycles. The molecule has 0 saturated heterocycles. The SMILES string of the molecule is CCCn1nc(C(=O)Oc2c(C)cc(Br)cc2Cl)c2ccccc2c1=O. The number of benzene rings is 2. The highest BCUT2D eigenvalue weighted by molar-refractivity contribution is 9.10. The van der Waals surface area contributed by atoms with E-state index in [9.17, 15) is 9.59 Å². The van der Waals surface area contributed by atoms with Crippen molar-refractivity contribution < 1.29 is 9.53 Å². The van der Waals surface area contributed by atoms with Gasteiger partial charge in [0.05, 0.1) is 10.4 Å². The van der Waals surface area contributed by atoms with E-state index in [1.54, 1.807) is 43.3 Å². The third-order valence-electron chi connectivity index (χ3n) is 3.89. The molecule has 5 nitrogen and oxygen atoms in total. The predicted octanol–water partition coefficient (Wildman–Crippen LogP) is 4.75. The lowest BCUT2D eigenvalue weighted by Gasteiger charge is -2.12. The van der Waals surface area contributed by atoms with E-state index in [2.05, 4.69) is 21.0 Å². The lowest BCUT2D eigenvalue weighted by molar-refractivity contribution is 0.0727. The predicted molar refractivity (Wildman–Crippen MR) is 105 cm³/mol. The number of ether oxygens (including phenoxy) is 1. The maximum atomic E-state index is 12.8. The second-order valence-electron chi connectivity index (χ2n) is 5.85. The van der Waals surface area contributed by atoms with Crippen molar-refractivity contribution in [2.75, 3.05) is 0 Å². The summed E-state index contributed by atoms with van der Waals surface area (Å²) >= 11 is 9.56. The first-order valence-corrected chi connectivity index (χ1v) is 9.27. The minimum absolute atomic E-state index is 0.0898. The molecular formula is C19H16BrClN2O3. The summed E-state index contributed by atoms with van der Waals surface area (Å²) in [5.41, 5.74) is 0.577. The summed E-state index contributed by atoms with van der Waals surface area (Å²) in [6.45, 7) is 4.15. The molecule has 0 spiro atoms. The number of halogens is 2. The lowest BCUT2D eigenvalue weighted by atomic mass is 10.1. The maximum Gasteiger partial charge on any atom is 0.364 e. The first-order chi connectivity index (χ1) is 12.4. The van der Waals surface area contributed by atoms with E-state index in [1.807, 2.05) is 6.92 Å². The van der Waals surface area contributed by atoms with E-state index < -0.39 is 5.97 Å². The van der Waals surface area contributed by atoms with Crippen LogP contribution >= 0.6 is 27.5 Å². The van der Waals surface area contributed by atoms with E-state index in [-0.39, 0.29) is 17.0 Å². The van der Waals surface area contributed by atoms with Crippen LogP contribution in [0, 0.1) is 6.92 Å². The molecule has 1 aromatic heterocycles. The number of carbonyl (C=O) groups excluding carboxylic acids is 1. The quantitative estimate of drug-likeness (QED) is 0.438. The van der Waals surface area contributed by atoms with Gasteiger partial charge in [0.15, 0.2) is 11.4 Å². The molecule has 26 heavy (non-hydrogen) atoms. The van der Waals surface area contributed by atoms with Crippen LogP contribution in [0.5, 0.6) is 5.75 Å². The molecule has 0 aliphatic carbocycles. The molecule has 134 valence electrons. The average molecular weight is 436 g/mol. The molecule has 1 heterocycles. The fourth-order valence-electron chi connectivity index (χ4n) is 2.71. The molecule has 0 bridgehead atoms. The van der Waals surface area contributed by atoms with Gasteiger partial charge in [-0.15, -0.1) is 0 Å². The Hall–Kier alpha value is -2.18. The van der Waals surface area contributed by atoms with Gasteiger partial charge in [-0.05, 0) is 37.1 Å². The van der Waals surface area contributed by atoms with Crippen molar-refractivity contribution in [3.05, 3.63) is 67.5 Å². The van der Waals surface area contributed by atoms with Gasteiger partial charge in [-0.1, -0.05) is 52.7 Å².